The summed E-state index contributed by atoms with van der Waals surface area (Å²) in [6, 6.07) is 7.94. The molecule has 1 unspecified atom stereocenters. The standard InChI is InChI=1S/C11H11NOS2/c12-11(13)9(10-4-2-6-15-10)7-8-3-1-5-14-8/h1-6,9H,7H2,(H2,12,13). The number of nitrogens with two attached hydrogens (primary N) is 1. The highest BCUT2D eigenvalue weighted by Crippen LogP contribution is 2.26. The van der Waals surface area contributed by atoms with Gasteiger partial charge in [0, 0.05) is 9.75 Å². The van der Waals surface area contributed by atoms with Crippen molar-refractivity contribution in [3.63, 3.8) is 0 Å². The lowest BCUT2D eigenvalue weighted by atomic mass is 10.0. The average Bonchev–Trinajstić information content (AvgIpc) is 2.87. The maximum absolute atomic E-state index is 11.4. The number of hydrogen-bond acceptors (Lipinski definition) is 3. The molecule has 1 atom stereocenters. The van der Waals surface area contributed by atoms with Crippen LogP contribution in [0.1, 0.15) is 15.7 Å². The second-order valence-corrected chi connectivity index (χ2v) is 5.27. The molecule has 0 fully saturated rings. The first-order valence-corrected chi connectivity index (χ1v) is 6.38. The summed E-state index contributed by atoms with van der Waals surface area (Å²) in [6.07, 6.45) is 0.716. The normalized spacial score (nSPS) is 12.5. The lowest BCUT2D eigenvalue weighted by Crippen LogP contribution is -2.22. The fraction of sp³-hybridized carbons (Fsp3) is 0.182. The highest BCUT2D eigenvalue weighted by atomic mass is 32.1. The molecule has 0 aromatic carbocycles. The van der Waals surface area contributed by atoms with Crippen LogP contribution in [0.25, 0.3) is 0 Å². The van der Waals surface area contributed by atoms with Gasteiger partial charge < -0.3 is 5.73 Å². The molecular formula is C11H11NOS2. The van der Waals surface area contributed by atoms with Crippen molar-refractivity contribution in [2.24, 2.45) is 5.73 Å². The second kappa shape index (κ2) is 4.59. The lowest BCUT2D eigenvalue weighted by molar-refractivity contribution is -0.119. The fourth-order valence-corrected chi connectivity index (χ4v) is 3.05. The summed E-state index contributed by atoms with van der Waals surface area (Å²) < 4.78 is 0. The fourth-order valence-electron chi connectivity index (χ4n) is 1.46. The third-order valence-corrected chi connectivity index (χ3v) is 4.10. The first kappa shape index (κ1) is 10.4. The van der Waals surface area contributed by atoms with Gasteiger partial charge in [0.1, 0.15) is 0 Å². The maximum atomic E-state index is 11.4. The molecular weight excluding hydrogens is 226 g/mol. The maximum Gasteiger partial charge on any atom is 0.226 e. The Morgan fingerprint density at radius 3 is 2.53 bits per heavy atom. The molecule has 2 rings (SSSR count). The monoisotopic (exact) mass is 237 g/mol. The van der Waals surface area contributed by atoms with Gasteiger partial charge in [-0.3, -0.25) is 4.79 Å². The quantitative estimate of drug-likeness (QED) is 0.872. The topological polar surface area (TPSA) is 43.1 Å². The van der Waals surface area contributed by atoms with Crippen LogP contribution < -0.4 is 5.73 Å². The van der Waals surface area contributed by atoms with Crippen LogP contribution in [0, 0.1) is 0 Å². The van der Waals surface area contributed by atoms with Gasteiger partial charge in [-0.05, 0) is 29.3 Å². The molecule has 0 radical (unpaired) electrons. The van der Waals surface area contributed by atoms with Crippen molar-refractivity contribution < 1.29 is 4.79 Å². The van der Waals surface area contributed by atoms with Crippen molar-refractivity contribution in [1.29, 1.82) is 0 Å². The van der Waals surface area contributed by atoms with Crippen LogP contribution in [-0.2, 0) is 11.2 Å². The first-order valence-electron chi connectivity index (χ1n) is 4.62. The lowest BCUT2D eigenvalue weighted by Gasteiger charge is -2.09. The molecule has 2 heterocycles. The van der Waals surface area contributed by atoms with Crippen LogP contribution in [0.3, 0.4) is 0 Å². The molecule has 2 N–H and O–H groups in total. The van der Waals surface area contributed by atoms with E-state index in [9.17, 15) is 4.79 Å². The SMILES string of the molecule is NC(=O)C(Cc1cccs1)c1cccs1. The van der Waals surface area contributed by atoms with E-state index in [-0.39, 0.29) is 11.8 Å². The highest BCUT2D eigenvalue weighted by Gasteiger charge is 2.19. The molecule has 15 heavy (non-hydrogen) atoms. The smallest absolute Gasteiger partial charge is 0.226 e. The molecule has 0 saturated carbocycles. The van der Waals surface area contributed by atoms with Crippen molar-refractivity contribution in [3.8, 4) is 0 Å². The molecule has 0 aliphatic carbocycles. The van der Waals surface area contributed by atoms with Gasteiger partial charge in [-0.1, -0.05) is 12.1 Å². The zero-order valence-corrected chi connectivity index (χ0v) is 9.68. The van der Waals surface area contributed by atoms with Gasteiger partial charge in [-0.15, -0.1) is 22.7 Å². The summed E-state index contributed by atoms with van der Waals surface area (Å²) in [7, 11) is 0. The summed E-state index contributed by atoms with van der Waals surface area (Å²) in [5, 5.41) is 3.99. The second-order valence-electron chi connectivity index (χ2n) is 3.25. The molecule has 1 amide bonds. The van der Waals surface area contributed by atoms with Gasteiger partial charge in [-0.2, -0.15) is 0 Å². The molecule has 2 aromatic rings. The summed E-state index contributed by atoms with van der Waals surface area (Å²) in [4.78, 5) is 13.6. The van der Waals surface area contributed by atoms with Gasteiger partial charge in [-0.25, -0.2) is 0 Å². The number of carbonyl (C=O) groups excluding carboxylic acids is 1. The Morgan fingerprint density at radius 2 is 2.00 bits per heavy atom. The Labute approximate surface area is 96.4 Å². The molecule has 0 spiro atoms. The molecule has 78 valence electrons. The summed E-state index contributed by atoms with van der Waals surface area (Å²) >= 11 is 3.25. The van der Waals surface area contributed by atoms with Crippen molar-refractivity contribution in [3.05, 3.63) is 44.8 Å². The van der Waals surface area contributed by atoms with Crippen LogP contribution in [0.4, 0.5) is 0 Å². The predicted molar refractivity (Wildman–Crippen MR) is 64.3 cm³/mol. The van der Waals surface area contributed by atoms with Gasteiger partial charge in [0.25, 0.3) is 0 Å². The van der Waals surface area contributed by atoms with Gasteiger partial charge in [0.15, 0.2) is 0 Å². The van der Waals surface area contributed by atoms with E-state index in [1.54, 1.807) is 22.7 Å². The number of primary amides is 1. The predicted octanol–water partition coefficient (Wildman–Crippen LogP) is 2.62. The Hall–Kier alpha value is -1.13. The largest absolute Gasteiger partial charge is 0.369 e. The summed E-state index contributed by atoms with van der Waals surface area (Å²) in [5.74, 6) is -0.422. The zero-order valence-electron chi connectivity index (χ0n) is 8.05. The third kappa shape index (κ3) is 2.46. The van der Waals surface area contributed by atoms with E-state index in [1.807, 2.05) is 35.0 Å². The summed E-state index contributed by atoms with van der Waals surface area (Å²) in [6.45, 7) is 0. The van der Waals surface area contributed by atoms with Crippen molar-refractivity contribution in [1.82, 2.24) is 0 Å². The highest BCUT2D eigenvalue weighted by molar-refractivity contribution is 7.10. The van der Waals surface area contributed by atoms with E-state index in [2.05, 4.69) is 0 Å². The van der Waals surface area contributed by atoms with Crippen molar-refractivity contribution in [2.45, 2.75) is 12.3 Å². The Kier molecular flexibility index (Phi) is 3.18. The van der Waals surface area contributed by atoms with E-state index < -0.39 is 0 Å². The molecule has 2 aromatic heterocycles. The van der Waals surface area contributed by atoms with E-state index in [0.717, 1.165) is 4.88 Å². The van der Waals surface area contributed by atoms with E-state index in [4.69, 9.17) is 5.73 Å². The molecule has 2 nitrogen and oxygen atoms in total. The molecule has 0 saturated heterocycles. The van der Waals surface area contributed by atoms with E-state index >= 15 is 0 Å². The number of rotatable bonds is 4. The van der Waals surface area contributed by atoms with Crippen LogP contribution >= 0.6 is 22.7 Å². The molecule has 0 aliphatic rings. The number of thiophene rings is 2. The van der Waals surface area contributed by atoms with Gasteiger partial charge >= 0.3 is 0 Å². The third-order valence-electron chi connectivity index (χ3n) is 2.22. The van der Waals surface area contributed by atoms with Gasteiger partial charge in [0.2, 0.25) is 5.91 Å². The minimum absolute atomic E-state index is 0.177. The molecule has 4 heteroatoms. The first-order chi connectivity index (χ1) is 7.27. The molecule has 0 bridgehead atoms. The zero-order chi connectivity index (χ0) is 10.7. The van der Waals surface area contributed by atoms with Crippen LogP contribution in [0.2, 0.25) is 0 Å². The number of amides is 1. The summed E-state index contributed by atoms with van der Waals surface area (Å²) in [5.41, 5.74) is 5.42. The van der Waals surface area contributed by atoms with Crippen LogP contribution in [-0.4, -0.2) is 5.91 Å². The Balaban J connectivity index is 2.18. The van der Waals surface area contributed by atoms with Crippen molar-refractivity contribution >= 4 is 28.6 Å². The minimum atomic E-state index is -0.245. The van der Waals surface area contributed by atoms with Crippen LogP contribution in [0.5, 0.6) is 0 Å². The minimum Gasteiger partial charge on any atom is -0.369 e. The Bertz CT molecular complexity index is 419. The van der Waals surface area contributed by atoms with Crippen LogP contribution in [0.15, 0.2) is 35.0 Å². The number of carbonyl (C=O) groups is 1. The Morgan fingerprint density at radius 1 is 1.27 bits per heavy atom. The van der Waals surface area contributed by atoms with Crippen molar-refractivity contribution in [2.75, 3.05) is 0 Å². The van der Waals surface area contributed by atoms with E-state index in [1.165, 1.54) is 4.88 Å². The number of hydrogen-bond donors (Lipinski definition) is 1. The van der Waals surface area contributed by atoms with E-state index in [0.29, 0.717) is 6.42 Å². The van der Waals surface area contributed by atoms with Gasteiger partial charge in [0.05, 0.1) is 5.92 Å². The molecule has 0 aliphatic heterocycles. The average molecular weight is 237 g/mol.